The van der Waals surface area contributed by atoms with Crippen LogP contribution in [0.1, 0.15) is 6.42 Å². The molecule has 106 valence electrons. The molecule has 0 unspecified atom stereocenters. The molecular formula is C10H11N5O5. The highest BCUT2D eigenvalue weighted by atomic mass is 16.6. The van der Waals surface area contributed by atoms with Gasteiger partial charge in [0.05, 0.1) is 0 Å². The second-order valence-electron chi connectivity index (χ2n) is 4.20. The summed E-state index contributed by atoms with van der Waals surface area (Å²) in [7, 11) is 0. The van der Waals surface area contributed by atoms with Crippen molar-refractivity contribution < 1.29 is 19.3 Å². The lowest BCUT2D eigenvalue weighted by Gasteiger charge is -2.25. The molecule has 2 rings (SSSR count). The van der Waals surface area contributed by atoms with Crippen molar-refractivity contribution in [3.8, 4) is 0 Å². The van der Waals surface area contributed by atoms with Gasteiger partial charge in [-0.2, -0.15) is 0 Å². The fourth-order valence-electron chi connectivity index (χ4n) is 1.76. The average Bonchev–Trinajstić information content (AvgIpc) is 2.83. The second kappa shape index (κ2) is 5.47. The lowest BCUT2D eigenvalue weighted by atomic mass is 10.3. The molecule has 0 spiro atoms. The van der Waals surface area contributed by atoms with Crippen LogP contribution in [-0.2, 0) is 20.9 Å². The number of nitro groups is 1. The third-order valence-corrected chi connectivity index (χ3v) is 2.69. The minimum Gasteiger partial charge on any atom is -0.358 e. The Morgan fingerprint density at radius 2 is 2.05 bits per heavy atom. The molecule has 10 nitrogen and oxygen atoms in total. The van der Waals surface area contributed by atoms with Crippen molar-refractivity contribution in [2.24, 2.45) is 0 Å². The lowest BCUT2D eigenvalue weighted by Crippen LogP contribution is -2.53. The topological polar surface area (TPSA) is 127 Å². The number of carbonyl (C=O) groups is 3. The maximum atomic E-state index is 11.8. The van der Waals surface area contributed by atoms with Crippen molar-refractivity contribution >= 4 is 23.5 Å². The van der Waals surface area contributed by atoms with E-state index >= 15 is 0 Å². The molecule has 0 atom stereocenters. The Hall–Kier alpha value is -2.78. The van der Waals surface area contributed by atoms with E-state index in [-0.39, 0.29) is 37.8 Å². The summed E-state index contributed by atoms with van der Waals surface area (Å²) in [5, 5.41) is 12.5. The predicted molar refractivity (Wildman–Crippen MR) is 63.2 cm³/mol. The molecule has 1 aromatic rings. The van der Waals surface area contributed by atoms with Crippen LogP contribution in [0.4, 0.5) is 5.82 Å². The molecule has 10 heteroatoms. The number of aromatic nitrogens is 2. The van der Waals surface area contributed by atoms with E-state index in [4.69, 9.17) is 0 Å². The molecule has 2 heterocycles. The van der Waals surface area contributed by atoms with Crippen molar-refractivity contribution in [3.63, 3.8) is 0 Å². The summed E-state index contributed by atoms with van der Waals surface area (Å²) in [5.74, 6) is -1.71. The highest BCUT2D eigenvalue weighted by Crippen LogP contribution is 2.07. The van der Waals surface area contributed by atoms with Gasteiger partial charge in [0.25, 0.3) is 0 Å². The first-order chi connectivity index (χ1) is 9.45. The first kappa shape index (κ1) is 13.6. The number of hydrogen-bond donors (Lipinski definition) is 1. The highest BCUT2D eigenvalue weighted by molar-refractivity contribution is 6.02. The summed E-state index contributed by atoms with van der Waals surface area (Å²) in [5.41, 5.74) is 0. The van der Waals surface area contributed by atoms with Crippen LogP contribution in [0.15, 0.2) is 12.5 Å². The van der Waals surface area contributed by atoms with Crippen molar-refractivity contribution in [1.82, 2.24) is 19.8 Å². The fraction of sp³-hybridized carbons (Fsp3) is 0.400. The van der Waals surface area contributed by atoms with Gasteiger partial charge in [-0.25, -0.2) is 0 Å². The van der Waals surface area contributed by atoms with E-state index in [1.165, 1.54) is 17.1 Å². The molecule has 1 aliphatic rings. The van der Waals surface area contributed by atoms with Crippen LogP contribution in [0.2, 0.25) is 0 Å². The van der Waals surface area contributed by atoms with Crippen LogP contribution in [0.3, 0.4) is 0 Å². The number of nitrogens with zero attached hydrogens (tertiary/aromatic N) is 4. The van der Waals surface area contributed by atoms with E-state index in [2.05, 4.69) is 10.3 Å². The van der Waals surface area contributed by atoms with Gasteiger partial charge in [0.1, 0.15) is 19.3 Å². The van der Waals surface area contributed by atoms with Crippen LogP contribution in [0.5, 0.6) is 0 Å². The number of carbonyl (C=O) groups excluding carboxylic acids is 3. The third kappa shape index (κ3) is 3.16. The average molecular weight is 281 g/mol. The summed E-state index contributed by atoms with van der Waals surface area (Å²) in [6, 6.07) is 0. The van der Waals surface area contributed by atoms with E-state index in [1.54, 1.807) is 0 Å². The fourth-order valence-corrected chi connectivity index (χ4v) is 1.76. The highest BCUT2D eigenvalue weighted by Gasteiger charge is 2.26. The zero-order valence-corrected chi connectivity index (χ0v) is 10.3. The molecule has 1 aromatic heterocycles. The molecule has 3 amide bonds. The van der Waals surface area contributed by atoms with Gasteiger partial charge < -0.3 is 19.6 Å². The normalized spacial score (nSPS) is 15.1. The predicted octanol–water partition coefficient (Wildman–Crippen LogP) is -1.33. The number of hydrogen-bond acceptors (Lipinski definition) is 6. The van der Waals surface area contributed by atoms with Gasteiger partial charge in [0.2, 0.25) is 24.0 Å². The molecule has 1 saturated heterocycles. The van der Waals surface area contributed by atoms with Gasteiger partial charge in [-0.15, -0.1) is 0 Å². The largest absolute Gasteiger partial charge is 0.381 e. The number of imidazole rings is 1. The Bertz CT molecular complexity index is 564. The van der Waals surface area contributed by atoms with Crippen LogP contribution in [0.25, 0.3) is 0 Å². The Kier molecular flexibility index (Phi) is 3.73. The maximum absolute atomic E-state index is 11.8. The van der Waals surface area contributed by atoms with E-state index in [9.17, 15) is 24.5 Å². The number of nitrogens with one attached hydrogen (secondary N) is 1. The SMILES string of the molecule is O=C1CN(C(=O)CCn2cnc([N+](=O)[O-])c2)CC(=O)N1. The quantitative estimate of drug-likeness (QED) is 0.413. The molecule has 1 N–H and O–H groups in total. The van der Waals surface area contributed by atoms with Crippen molar-refractivity contribution in [3.05, 3.63) is 22.6 Å². The van der Waals surface area contributed by atoms with Crippen LogP contribution < -0.4 is 5.32 Å². The lowest BCUT2D eigenvalue weighted by molar-refractivity contribution is -0.389. The summed E-state index contributed by atoms with van der Waals surface area (Å²) in [6.45, 7) is -0.130. The standard InChI is InChI=1S/C10H11N5O5/c16-8-4-14(5-9(17)12-8)10(18)1-2-13-3-7(11-6-13)15(19)20/h3,6H,1-2,4-5H2,(H,12,16,17). The number of aryl methyl sites for hydroxylation is 1. The second-order valence-corrected chi connectivity index (χ2v) is 4.20. The van der Waals surface area contributed by atoms with Crippen molar-refractivity contribution in [2.45, 2.75) is 13.0 Å². The Balaban J connectivity index is 1.89. The van der Waals surface area contributed by atoms with Gasteiger partial charge in [-0.3, -0.25) is 19.7 Å². The van der Waals surface area contributed by atoms with Gasteiger partial charge in [-0.05, 0) is 9.91 Å². The number of amides is 3. The Morgan fingerprint density at radius 1 is 1.40 bits per heavy atom. The molecule has 0 saturated carbocycles. The Labute approximate surface area is 112 Å². The van der Waals surface area contributed by atoms with Crippen molar-refractivity contribution in [1.29, 1.82) is 0 Å². The van der Waals surface area contributed by atoms with E-state index in [0.29, 0.717) is 0 Å². The first-order valence-corrected chi connectivity index (χ1v) is 5.72. The van der Waals surface area contributed by atoms with E-state index in [1.807, 2.05) is 0 Å². The molecular weight excluding hydrogens is 270 g/mol. The molecule has 1 fully saturated rings. The summed E-state index contributed by atoms with van der Waals surface area (Å²) >= 11 is 0. The maximum Gasteiger partial charge on any atom is 0.381 e. The molecule has 1 aliphatic heterocycles. The minimum atomic E-state index is -0.633. The zero-order valence-electron chi connectivity index (χ0n) is 10.3. The molecule has 0 radical (unpaired) electrons. The van der Waals surface area contributed by atoms with Crippen LogP contribution in [-0.4, -0.2) is 50.2 Å². The molecule has 0 bridgehead atoms. The van der Waals surface area contributed by atoms with E-state index < -0.39 is 16.7 Å². The van der Waals surface area contributed by atoms with Gasteiger partial charge in [-0.1, -0.05) is 0 Å². The van der Waals surface area contributed by atoms with Gasteiger partial charge >= 0.3 is 5.82 Å². The van der Waals surface area contributed by atoms with Gasteiger partial charge in [0.15, 0.2) is 0 Å². The van der Waals surface area contributed by atoms with E-state index in [0.717, 1.165) is 4.90 Å². The third-order valence-electron chi connectivity index (χ3n) is 2.69. The smallest absolute Gasteiger partial charge is 0.358 e. The van der Waals surface area contributed by atoms with Gasteiger partial charge in [0, 0.05) is 13.0 Å². The number of piperazine rings is 1. The Morgan fingerprint density at radius 3 is 2.60 bits per heavy atom. The number of rotatable bonds is 4. The molecule has 0 aliphatic carbocycles. The summed E-state index contributed by atoms with van der Waals surface area (Å²) in [4.78, 5) is 48.6. The summed E-state index contributed by atoms with van der Waals surface area (Å²) in [6.07, 6.45) is 2.48. The minimum absolute atomic E-state index is 0.0219. The zero-order chi connectivity index (χ0) is 14.7. The van der Waals surface area contributed by atoms with Crippen LogP contribution >= 0.6 is 0 Å². The summed E-state index contributed by atoms with van der Waals surface area (Å²) < 4.78 is 1.40. The first-order valence-electron chi connectivity index (χ1n) is 5.72. The molecule has 20 heavy (non-hydrogen) atoms. The van der Waals surface area contributed by atoms with Crippen LogP contribution in [0, 0.1) is 10.1 Å². The number of imide groups is 1. The van der Waals surface area contributed by atoms with Crippen molar-refractivity contribution in [2.75, 3.05) is 13.1 Å². The molecule has 0 aromatic carbocycles. The monoisotopic (exact) mass is 281 g/mol.